The van der Waals surface area contributed by atoms with Crippen molar-refractivity contribution in [3.8, 4) is 0 Å². The molecule has 1 saturated heterocycles. The number of rotatable bonds is 7. The summed E-state index contributed by atoms with van der Waals surface area (Å²) in [4.78, 5) is 14.1. The molecule has 1 aliphatic heterocycles. The van der Waals surface area contributed by atoms with Crippen molar-refractivity contribution in [1.29, 1.82) is 0 Å². The number of methoxy groups -OCH3 is 1. The fourth-order valence-electron chi connectivity index (χ4n) is 2.67. The third kappa shape index (κ3) is 4.96. The molecule has 8 heteroatoms. The molecule has 0 bridgehead atoms. The lowest BCUT2D eigenvalue weighted by molar-refractivity contribution is -0.125. The van der Waals surface area contributed by atoms with Crippen LogP contribution in [0, 0.1) is 0 Å². The van der Waals surface area contributed by atoms with Crippen LogP contribution < -0.4 is 10.2 Å². The van der Waals surface area contributed by atoms with Crippen LogP contribution in [0.5, 0.6) is 0 Å². The molecule has 1 amide bonds. The predicted octanol–water partition coefficient (Wildman–Crippen LogP) is 1.67. The molecule has 25 heavy (non-hydrogen) atoms. The van der Waals surface area contributed by atoms with E-state index in [0.29, 0.717) is 18.3 Å². The topological polar surface area (TPSA) is 80.5 Å². The minimum absolute atomic E-state index is 0.00433. The minimum atomic E-state index is -0.384. The summed E-state index contributed by atoms with van der Waals surface area (Å²) in [5.41, 5.74) is 1.08. The number of thioether (sulfide) groups is 1. The molecular formula is C17H22N4O3S. The Morgan fingerprint density at radius 1 is 1.32 bits per heavy atom. The summed E-state index contributed by atoms with van der Waals surface area (Å²) >= 11 is 1.92. The molecule has 3 rings (SSSR count). The normalized spacial score (nSPS) is 15.8. The number of carbonyl (C=O) groups excluding carboxylic acids is 1. The highest BCUT2D eigenvalue weighted by atomic mass is 32.2. The van der Waals surface area contributed by atoms with Crippen molar-refractivity contribution in [3.05, 3.63) is 41.8 Å². The smallest absolute Gasteiger partial charge is 0.318 e. The second-order valence-electron chi connectivity index (χ2n) is 5.77. The van der Waals surface area contributed by atoms with Crippen molar-refractivity contribution in [3.63, 3.8) is 0 Å². The van der Waals surface area contributed by atoms with Crippen LogP contribution in [0.25, 0.3) is 0 Å². The number of hydrogen-bond donors (Lipinski definition) is 1. The van der Waals surface area contributed by atoms with E-state index in [1.165, 1.54) is 7.11 Å². The Hall–Kier alpha value is -2.06. The van der Waals surface area contributed by atoms with Crippen LogP contribution in [0.1, 0.15) is 17.5 Å². The number of anilines is 1. The van der Waals surface area contributed by atoms with Crippen molar-refractivity contribution >= 4 is 23.7 Å². The van der Waals surface area contributed by atoms with Gasteiger partial charge >= 0.3 is 6.01 Å². The van der Waals surface area contributed by atoms with Crippen molar-refractivity contribution in [1.82, 2.24) is 15.5 Å². The third-order valence-electron chi connectivity index (χ3n) is 3.90. The first-order valence-corrected chi connectivity index (χ1v) is 9.40. The number of nitrogens with zero attached hydrogens (tertiary/aromatic N) is 3. The molecule has 0 saturated carbocycles. The van der Waals surface area contributed by atoms with E-state index in [1.54, 1.807) is 0 Å². The molecular weight excluding hydrogens is 340 g/mol. The molecule has 1 atom stereocenters. The summed E-state index contributed by atoms with van der Waals surface area (Å²) in [6, 6.07) is 10.0. The van der Waals surface area contributed by atoms with E-state index >= 15 is 0 Å². The Morgan fingerprint density at radius 2 is 2.08 bits per heavy atom. The average molecular weight is 362 g/mol. The van der Waals surface area contributed by atoms with E-state index in [9.17, 15) is 4.79 Å². The summed E-state index contributed by atoms with van der Waals surface area (Å²) < 4.78 is 10.8. The lowest BCUT2D eigenvalue weighted by atomic mass is 10.1. The fraction of sp³-hybridized carbons (Fsp3) is 0.471. The molecule has 0 radical (unpaired) electrons. The standard InChI is InChI=1S/C17H22N4O3S/c1-23-12-15(22)18-14(11-13-5-3-2-4-6-13)16-19-20-17(24-16)21-7-9-25-10-8-21/h2-6,14H,7-12H2,1H3,(H,18,22)/t14-/m1/s1. The van der Waals surface area contributed by atoms with Gasteiger partial charge in [0.1, 0.15) is 12.6 Å². The SMILES string of the molecule is COCC(=O)N[C@H](Cc1ccccc1)c1nnc(N2CCSCC2)o1. The van der Waals surface area contributed by atoms with Crippen molar-refractivity contribution in [2.75, 3.05) is 43.2 Å². The first-order chi connectivity index (χ1) is 12.3. The van der Waals surface area contributed by atoms with Crippen LogP contribution in [0.4, 0.5) is 6.01 Å². The van der Waals surface area contributed by atoms with E-state index in [0.717, 1.165) is 30.2 Å². The number of ether oxygens (including phenoxy) is 1. The molecule has 1 aromatic carbocycles. The van der Waals surface area contributed by atoms with Gasteiger partial charge in [-0.25, -0.2) is 0 Å². The van der Waals surface area contributed by atoms with Crippen LogP contribution in [0.3, 0.4) is 0 Å². The highest BCUT2D eigenvalue weighted by Gasteiger charge is 2.24. The molecule has 2 heterocycles. The zero-order valence-electron chi connectivity index (χ0n) is 14.2. The summed E-state index contributed by atoms with van der Waals surface area (Å²) in [5.74, 6) is 2.31. The minimum Gasteiger partial charge on any atom is -0.406 e. The maximum Gasteiger partial charge on any atom is 0.318 e. The van der Waals surface area contributed by atoms with Gasteiger partial charge in [0.15, 0.2) is 0 Å². The van der Waals surface area contributed by atoms with Gasteiger partial charge in [-0.3, -0.25) is 4.79 Å². The Bertz CT molecular complexity index is 674. The van der Waals surface area contributed by atoms with Gasteiger partial charge in [0.05, 0.1) is 0 Å². The number of benzene rings is 1. The number of aromatic nitrogens is 2. The van der Waals surface area contributed by atoms with Crippen LogP contribution in [-0.2, 0) is 16.0 Å². The largest absolute Gasteiger partial charge is 0.406 e. The predicted molar refractivity (Wildman–Crippen MR) is 96.7 cm³/mol. The van der Waals surface area contributed by atoms with E-state index in [1.807, 2.05) is 42.1 Å². The van der Waals surface area contributed by atoms with Crippen molar-refractivity contribution in [2.24, 2.45) is 0 Å². The van der Waals surface area contributed by atoms with Gasteiger partial charge < -0.3 is 19.4 Å². The quantitative estimate of drug-likeness (QED) is 0.802. The van der Waals surface area contributed by atoms with E-state index in [2.05, 4.69) is 20.4 Å². The molecule has 134 valence electrons. The number of nitrogens with one attached hydrogen (secondary N) is 1. The highest BCUT2D eigenvalue weighted by Crippen LogP contribution is 2.23. The summed E-state index contributed by atoms with van der Waals surface area (Å²) in [7, 11) is 1.49. The van der Waals surface area contributed by atoms with Crippen LogP contribution in [-0.4, -0.2) is 54.4 Å². The second kappa shape index (κ2) is 8.87. The molecule has 1 fully saturated rings. The molecule has 1 N–H and O–H groups in total. The van der Waals surface area contributed by atoms with Gasteiger partial charge in [-0.15, -0.1) is 5.10 Å². The monoisotopic (exact) mass is 362 g/mol. The number of hydrogen-bond acceptors (Lipinski definition) is 7. The number of amides is 1. The fourth-order valence-corrected chi connectivity index (χ4v) is 3.57. The maximum absolute atomic E-state index is 12.0. The Morgan fingerprint density at radius 3 is 2.80 bits per heavy atom. The van der Waals surface area contributed by atoms with E-state index in [4.69, 9.17) is 9.15 Å². The molecule has 0 unspecified atom stereocenters. The first kappa shape index (κ1) is 17.8. The Kier molecular flexibility index (Phi) is 6.30. The average Bonchev–Trinajstić information content (AvgIpc) is 3.13. The summed E-state index contributed by atoms with van der Waals surface area (Å²) in [6.45, 7) is 1.78. The summed E-state index contributed by atoms with van der Waals surface area (Å²) in [6.07, 6.45) is 0.577. The van der Waals surface area contributed by atoms with Crippen LogP contribution >= 0.6 is 11.8 Å². The molecule has 1 aromatic heterocycles. The molecule has 7 nitrogen and oxygen atoms in total. The Balaban J connectivity index is 1.75. The maximum atomic E-state index is 12.0. The van der Waals surface area contributed by atoms with Gasteiger partial charge in [-0.2, -0.15) is 11.8 Å². The lowest BCUT2D eigenvalue weighted by Gasteiger charge is -2.24. The Labute approximate surface area is 151 Å². The van der Waals surface area contributed by atoms with Crippen LogP contribution in [0.15, 0.2) is 34.7 Å². The molecule has 0 aliphatic carbocycles. The summed E-state index contributed by atoms with van der Waals surface area (Å²) in [5, 5.41) is 11.3. The zero-order chi connectivity index (χ0) is 17.5. The molecule has 0 spiro atoms. The molecule has 2 aromatic rings. The van der Waals surface area contributed by atoms with Gasteiger partial charge in [-0.05, 0) is 5.56 Å². The van der Waals surface area contributed by atoms with Crippen LogP contribution in [0.2, 0.25) is 0 Å². The van der Waals surface area contributed by atoms with Gasteiger partial charge in [0.2, 0.25) is 11.8 Å². The van der Waals surface area contributed by atoms with Gasteiger partial charge in [0, 0.05) is 38.1 Å². The zero-order valence-corrected chi connectivity index (χ0v) is 15.0. The molecule has 1 aliphatic rings. The van der Waals surface area contributed by atoms with Crippen molar-refractivity contribution in [2.45, 2.75) is 12.5 Å². The highest BCUT2D eigenvalue weighted by molar-refractivity contribution is 7.99. The van der Waals surface area contributed by atoms with E-state index in [-0.39, 0.29) is 18.6 Å². The van der Waals surface area contributed by atoms with E-state index < -0.39 is 0 Å². The van der Waals surface area contributed by atoms with Gasteiger partial charge in [0.25, 0.3) is 0 Å². The third-order valence-corrected chi connectivity index (χ3v) is 4.85. The number of carbonyl (C=O) groups is 1. The van der Waals surface area contributed by atoms with Gasteiger partial charge in [-0.1, -0.05) is 35.4 Å². The first-order valence-electron chi connectivity index (χ1n) is 8.24. The van der Waals surface area contributed by atoms with Crippen molar-refractivity contribution < 1.29 is 13.9 Å². The second-order valence-corrected chi connectivity index (χ2v) is 6.99. The lowest BCUT2D eigenvalue weighted by Crippen LogP contribution is -2.33.